The second-order valence-electron chi connectivity index (χ2n) is 8.67. The van der Waals surface area contributed by atoms with Gasteiger partial charge < -0.3 is 16.0 Å². The lowest BCUT2D eigenvalue weighted by molar-refractivity contribution is 0.461. The third-order valence-electron chi connectivity index (χ3n) is 6.20. The van der Waals surface area contributed by atoms with E-state index in [1.165, 1.54) is 48.4 Å². The summed E-state index contributed by atoms with van der Waals surface area (Å²) < 4.78 is 0. The summed E-state index contributed by atoms with van der Waals surface area (Å²) >= 11 is 0. The van der Waals surface area contributed by atoms with Crippen LogP contribution >= 0.6 is 0 Å². The quantitative estimate of drug-likeness (QED) is 0.407. The highest BCUT2D eigenvalue weighted by Gasteiger charge is 2.17. The molecule has 6 heteroatoms. The molecule has 3 N–H and O–H groups in total. The van der Waals surface area contributed by atoms with Gasteiger partial charge in [0, 0.05) is 12.1 Å². The molecule has 0 saturated heterocycles. The van der Waals surface area contributed by atoms with E-state index in [9.17, 15) is 0 Å². The van der Waals surface area contributed by atoms with Gasteiger partial charge in [0.25, 0.3) is 0 Å². The van der Waals surface area contributed by atoms with Gasteiger partial charge in [-0.1, -0.05) is 68.7 Å². The standard InChI is InChI=1S/C25H34N6/c1-4-17(2)26-23-29-24(31-25(30-23)28-20-13-6-5-7-14-20)27-18(3)21-16-10-12-19-11-8-9-15-22(19)21/h8-12,15-18,20H,4-7,13-14H2,1-3H3,(H3,26,27,28,29,30,31)/t17-,18-/m0/s1. The number of hydrogen-bond acceptors (Lipinski definition) is 6. The Morgan fingerprint density at radius 3 is 2.29 bits per heavy atom. The van der Waals surface area contributed by atoms with Crippen LogP contribution < -0.4 is 16.0 Å². The van der Waals surface area contributed by atoms with Gasteiger partial charge in [0.2, 0.25) is 17.8 Å². The van der Waals surface area contributed by atoms with Crippen molar-refractivity contribution in [2.24, 2.45) is 0 Å². The van der Waals surface area contributed by atoms with Gasteiger partial charge in [0.1, 0.15) is 0 Å². The maximum Gasteiger partial charge on any atom is 0.229 e. The third-order valence-corrected chi connectivity index (χ3v) is 6.20. The van der Waals surface area contributed by atoms with Gasteiger partial charge in [-0.05, 0) is 49.4 Å². The molecule has 31 heavy (non-hydrogen) atoms. The lowest BCUT2D eigenvalue weighted by Gasteiger charge is -2.23. The largest absolute Gasteiger partial charge is 0.352 e. The molecule has 1 saturated carbocycles. The van der Waals surface area contributed by atoms with Crippen molar-refractivity contribution < 1.29 is 0 Å². The summed E-state index contributed by atoms with van der Waals surface area (Å²) in [7, 11) is 0. The predicted octanol–water partition coefficient (Wildman–Crippen LogP) is 6.15. The summed E-state index contributed by atoms with van der Waals surface area (Å²) in [4.78, 5) is 14.1. The molecule has 1 heterocycles. The van der Waals surface area contributed by atoms with E-state index < -0.39 is 0 Å². The SMILES string of the molecule is CC[C@H](C)Nc1nc(NC2CCCCC2)nc(N[C@@H](C)c2cccc3ccccc23)n1. The molecule has 164 valence electrons. The summed E-state index contributed by atoms with van der Waals surface area (Å²) in [6.07, 6.45) is 7.22. The summed E-state index contributed by atoms with van der Waals surface area (Å²) in [6.45, 7) is 6.45. The van der Waals surface area contributed by atoms with Crippen molar-refractivity contribution in [3.05, 3.63) is 48.0 Å². The number of aromatic nitrogens is 3. The van der Waals surface area contributed by atoms with Crippen molar-refractivity contribution in [1.82, 2.24) is 15.0 Å². The van der Waals surface area contributed by atoms with Gasteiger partial charge in [-0.3, -0.25) is 0 Å². The van der Waals surface area contributed by atoms with Crippen LogP contribution in [0.25, 0.3) is 10.8 Å². The molecule has 2 atom stereocenters. The number of fused-ring (bicyclic) bond motifs is 1. The minimum absolute atomic E-state index is 0.0625. The zero-order chi connectivity index (χ0) is 21.6. The van der Waals surface area contributed by atoms with Gasteiger partial charge in [-0.25, -0.2) is 0 Å². The number of benzene rings is 2. The van der Waals surface area contributed by atoms with E-state index in [1.807, 2.05) is 0 Å². The number of rotatable bonds is 8. The van der Waals surface area contributed by atoms with Gasteiger partial charge >= 0.3 is 0 Å². The highest BCUT2D eigenvalue weighted by atomic mass is 15.3. The van der Waals surface area contributed by atoms with Crippen molar-refractivity contribution in [2.45, 2.75) is 77.4 Å². The molecule has 3 aromatic rings. The molecule has 4 rings (SSSR count). The maximum absolute atomic E-state index is 4.72. The van der Waals surface area contributed by atoms with Gasteiger partial charge in [0.15, 0.2) is 0 Å². The number of nitrogens with zero attached hydrogens (tertiary/aromatic N) is 3. The first-order valence-corrected chi connectivity index (χ1v) is 11.7. The molecule has 0 radical (unpaired) electrons. The first-order chi connectivity index (χ1) is 15.1. The van der Waals surface area contributed by atoms with E-state index in [2.05, 4.69) is 89.2 Å². The Morgan fingerprint density at radius 2 is 1.52 bits per heavy atom. The molecule has 1 aliphatic carbocycles. The normalized spacial score (nSPS) is 16.6. The molecule has 1 aromatic heterocycles. The van der Waals surface area contributed by atoms with Crippen LogP contribution in [-0.2, 0) is 0 Å². The lowest BCUT2D eigenvalue weighted by atomic mass is 9.96. The molecular formula is C25H34N6. The Bertz CT molecular complexity index is 993. The highest BCUT2D eigenvalue weighted by Crippen LogP contribution is 2.27. The highest BCUT2D eigenvalue weighted by molar-refractivity contribution is 5.86. The lowest BCUT2D eigenvalue weighted by Crippen LogP contribution is -2.25. The third kappa shape index (κ3) is 5.43. The summed E-state index contributed by atoms with van der Waals surface area (Å²) in [5.41, 5.74) is 1.23. The maximum atomic E-state index is 4.72. The van der Waals surface area contributed by atoms with Crippen molar-refractivity contribution in [3.63, 3.8) is 0 Å². The Balaban J connectivity index is 1.59. The van der Waals surface area contributed by atoms with Crippen LogP contribution in [0.5, 0.6) is 0 Å². The predicted molar refractivity (Wildman–Crippen MR) is 130 cm³/mol. The Labute approximate surface area is 185 Å². The van der Waals surface area contributed by atoms with Crippen LogP contribution in [0, 0.1) is 0 Å². The fourth-order valence-corrected chi connectivity index (χ4v) is 4.22. The minimum Gasteiger partial charge on any atom is -0.352 e. The molecule has 0 aliphatic heterocycles. The molecule has 1 fully saturated rings. The van der Waals surface area contributed by atoms with Crippen LogP contribution in [0.4, 0.5) is 17.8 Å². The van der Waals surface area contributed by atoms with E-state index in [-0.39, 0.29) is 6.04 Å². The second kappa shape index (κ2) is 9.94. The smallest absolute Gasteiger partial charge is 0.229 e. The van der Waals surface area contributed by atoms with Crippen molar-refractivity contribution in [3.8, 4) is 0 Å². The van der Waals surface area contributed by atoms with Crippen molar-refractivity contribution in [1.29, 1.82) is 0 Å². The Kier molecular flexibility index (Phi) is 6.85. The summed E-state index contributed by atoms with van der Waals surface area (Å²) in [6, 6.07) is 15.7. The molecule has 0 amide bonds. The van der Waals surface area contributed by atoms with Crippen molar-refractivity contribution in [2.75, 3.05) is 16.0 Å². The van der Waals surface area contributed by atoms with Gasteiger partial charge in [0.05, 0.1) is 6.04 Å². The zero-order valence-corrected chi connectivity index (χ0v) is 18.9. The average Bonchev–Trinajstić information content (AvgIpc) is 2.79. The Morgan fingerprint density at radius 1 is 0.839 bits per heavy atom. The molecule has 0 spiro atoms. The second-order valence-corrected chi connectivity index (χ2v) is 8.67. The molecule has 6 nitrogen and oxygen atoms in total. The number of hydrogen-bond donors (Lipinski definition) is 3. The van der Waals surface area contributed by atoms with E-state index in [4.69, 9.17) is 4.98 Å². The summed E-state index contributed by atoms with van der Waals surface area (Å²) in [5.74, 6) is 1.87. The van der Waals surface area contributed by atoms with Crippen LogP contribution in [0.2, 0.25) is 0 Å². The molecule has 1 aliphatic rings. The average molecular weight is 419 g/mol. The first-order valence-electron chi connectivity index (χ1n) is 11.7. The van der Waals surface area contributed by atoms with E-state index >= 15 is 0 Å². The Hall–Kier alpha value is -2.89. The molecular weight excluding hydrogens is 384 g/mol. The molecule has 2 aromatic carbocycles. The van der Waals surface area contributed by atoms with E-state index in [0.29, 0.717) is 29.9 Å². The monoisotopic (exact) mass is 418 g/mol. The van der Waals surface area contributed by atoms with Crippen LogP contribution in [0.15, 0.2) is 42.5 Å². The van der Waals surface area contributed by atoms with Gasteiger partial charge in [-0.2, -0.15) is 15.0 Å². The van der Waals surface area contributed by atoms with Crippen LogP contribution in [-0.4, -0.2) is 27.0 Å². The molecule has 0 bridgehead atoms. The van der Waals surface area contributed by atoms with Crippen LogP contribution in [0.1, 0.15) is 70.9 Å². The van der Waals surface area contributed by atoms with Gasteiger partial charge in [-0.15, -0.1) is 0 Å². The first kappa shape index (κ1) is 21.3. The summed E-state index contributed by atoms with van der Waals surface area (Å²) in [5, 5.41) is 13.0. The number of nitrogens with one attached hydrogen (secondary N) is 3. The fraction of sp³-hybridized carbons (Fsp3) is 0.480. The zero-order valence-electron chi connectivity index (χ0n) is 18.9. The fourth-order valence-electron chi connectivity index (χ4n) is 4.22. The number of anilines is 3. The van der Waals surface area contributed by atoms with Crippen molar-refractivity contribution >= 4 is 28.6 Å². The van der Waals surface area contributed by atoms with E-state index in [1.54, 1.807) is 0 Å². The minimum atomic E-state index is 0.0625. The van der Waals surface area contributed by atoms with Crippen LogP contribution in [0.3, 0.4) is 0 Å². The van der Waals surface area contributed by atoms with E-state index in [0.717, 1.165) is 6.42 Å². The topological polar surface area (TPSA) is 74.8 Å². The molecule has 0 unspecified atom stereocenters.